The van der Waals surface area contributed by atoms with E-state index in [9.17, 15) is 4.79 Å². The SMILES string of the molecule is C#CCCCSC1Sc2ccccc2-c2c1c1ccccc1n2C(=O)c1ccccc1. The lowest BCUT2D eigenvalue weighted by molar-refractivity contribution is 0.0966. The number of aromatic nitrogens is 1. The molecule has 1 unspecified atom stereocenters. The zero-order valence-corrected chi connectivity index (χ0v) is 18.6. The van der Waals surface area contributed by atoms with Crippen LogP contribution in [0.3, 0.4) is 0 Å². The molecule has 1 aliphatic heterocycles. The van der Waals surface area contributed by atoms with E-state index < -0.39 is 0 Å². The molecule has 0 saturated carbocycles. The van der Waals surface area contributed by atoms with Crippen LogP contribution in [0.25, 0.3) is 22.2 Å². The molecule has 1 atom stereocenters. The lowest BCUT2D eigenvalue weighted by atomic mass is 10.1. The van der Waals surface area contributed by atoms with Crippen molar-refractivity contribution in [1.82, 2.24) is 4.57 Å². The number of fused-ring (bicyclic) bond motifs is 5. The lowest BCUT2D eigenvalue weighted by Crippen LogP contribution is -2.15. The topological polar surface area (TPSA) is 22.0 Å². The van der Waals surface area contributed by atoms with Gasteiger partial charge in [0.25, 0.3) is 5.91 Å². The first-order valence-electron chi connectivity index (χ1n) is 10.3. The minimum atomic E-state index is 0.0100. The minimum absolute atomic E-state index is 0.0100. The number of carbonyl (C=O) groups excluding carboxylic acids is 1. The zero-order chi connectivity index (χ0) is 21.2. The van der Waals surface area contributed by atoms with E-state index >= 15 is 0 Å². The second-order valence-electron chi connectivity index (χ2n) is 7.41. The molecule has 0 fully saturated rings. The Hall–Kier alpha value is -2.87. The van der Waals surface area contributed by atoms with E-state index in [4.69, 9.17) is 6.42 Å². The number of carbonyl (C=O) groups is 1. The molecule has 0 saturated heterocycles. The zero-order valence-electron chi connectivity index (χ0n) is 17.0. The Balaban J connectivity index is 1.73. The molecular weight excluding hydrogens is 418 g/mol. The summed E-state index contributed by atoms with van der Waals surface area (Å²) in [5, 5.41) is 1.15. The molecule has 3 aromatic carbocycles. The van der Waals surface area contributed by atoms with Crippen LogP contribution in [0.4, 0.5) is 0 Å². The number of hydrogen-bond donors (Lipinski definition) is 0. The quantitative estimate of drug-likeness (QED) is 0.241. The van der Waals surface area contributed by atoms with E-state index in [1.807, 2.05) is 64.5 Å². The van der Waals surface area contributed by atoms with Crippen molar-refractivity contribution in [3.05, 3.63) is 90.0 Å². The van der Waals surface area contributed by atoms with Crippen molar-refractivity contribution in [2.45, 2.75) is 22.3 Å². The Kier molecular flexibility index (Phi) is 5.63. The molecule has 4 heteroatoms. The van der Waals surface area contributed by atoms with Gasteiger partial charge in [-0.2, -0.15) is 0 Å². The van der Waals surface area contributed by atoms with Gasteiger partial charge in [0, 0.05) is 33.4 Å². The number of thioether (sulfide) groups is 2. The predicted octanol–water partition coefficient (Wildman–Crippen LogP) is 7.25. The third-order valence-electron chi connectivity index (χ3n) is 5.48. The molecular formula is C27H21NOS2. The number of unbranched alkanes of at least 4 members (excludes halogenated alkanes) is 1. The van der Waals surface area contributed by atoms with Crippen LogP contribution in [-0.4, -0.2) is 16.2 Å². The summed E-state index contributed by atoms with van der Waals surface area (Å²) in [5.74, 6) is 3.74. The fraction of sp³-hybridized carbons (Fsp3) is 0.148. The third kappa shape index (κ3) is 3.59. The lowest BCUT2D eigenvalue weighted by Gasteiger charge is -2.26. The van der Waals surface area contributed by atoms with Crippen LogP contribution in [0.2, 0.25) is 0 Å². The molecule has 0 spiro atoms. The summed E-state index contributed by atoms with van der Waals surface area (Å²) in [6, 6.07) is 26.2. The van der Waals surface area contributed by atoms with Gasteiger partial charge < -0.3 is 0 Å². The van der Waals surface area contributed by atoms with Gasteiger partial charge in [-0.15, -0.1) is 35.9 Å². The van der Waals surface area contributed by atoms with Crippen LogP contribution in [0.15, 0.2) is 83.8 Å². The van der Waals surface area contributed by atoms with E-state index in [0.717, 1.165) is 40.8 Å². The van der Waals surface area contributed by atoms with Gasteiger partial charge in [0.05, 0.1) is 15.8 Å². The summed E-state index contributed by atoms with van der Waals surface area (Å²) in [4.78, 5) is 15.0. The van der Waals surface area contributed by atoms with Gasteiger partial charge in [0.2, 0.25) is 0 Å². The molecule has 5 rings (SSSR count). The van der Waals surface area contributed by atoms with Gasteiger partial charge in [-0.25, -0.2) is 0 Å². The van der Waals surface area contributed by atoms with Crippen molar-refractivity contribution in [1.29, 1.82) is 0 Å². The smallest absolute Gasteiger partial charge is 0.262 e. The fourth-order valence-electron chi connectivity index (χ4n) is 4.11. The standard InChI is InChI=1S/C27H21NOS2/c1-2-3-11-18-30-27-24-20-14-7-9-16-22(20)28(26(29)19-12-5-4-6-13-19)25(24)21-15-8-10-17-23(21)31-27/h1,4-10,12-17,27H,3,11,18H2. The first-order chi connectivity index (χ1) is 15.3. The molecule has 0 bridgehead atoms. The predicted molar refractivity (Wildman–Crippen MR) is 133 cm³/mol. The van der Waals surface area contributed by atoms with Gasteiger partial charge in [0.15, 0.2) is 0 Å². The van der Waals surface area contributed by atoms with Crippen LogP contribution in [0.5, 0.6) is 0 Å². The van der Waals surface area contributed by atoms with Crippen molar-refractivity contribution >= 4 is 40.3 Å². The van der Waals surface area contributed by atoms with Crippen molar-refractivity contribution in [2.75, 3.05) is 5.75 Å². The average Bonchev–Trinajstić information content (AvgIpc) is 3.17. The number of hydrogen-bond acceptors (Lipinski definition) is 3. The maximum absolute atomic E-state index is 13.7. The van der Waals surface area contributed by atoms with Crippen LogP contribution in [-0.2, 0) is 0 Å². The Morgan fingerprint density at radius 1 is 1.00 bits per heavy atom. The van der Waals surface area contributed by atoms with E-state index in [2.05, 4.69) is 48.4 Å². The highest BCUT2D eigenvalue weighted by Crippen LogP contribution is 2.56. The van der Waals surface area contributed by atoms with Crippen molar-refractivity contribution in [2.24, 2.45) is 0 Å². The van der Waals surface area contributed by atoms with E-state index in [-0.39, 0.29) is 10.5 Å². The molecule has 31 heavy (non-hydrogen) atoms. The second-order valence-corrected chi connectivity index (χ2v) is 10.1. The number of benzene rings is 3. The Morgan fingerprint density at radius 2 is 1.74 bits per heavy atom. The first kappa shape index (κ1) is 20.1. The Morgan fingerprint density at radius 3 is 2.58 bits per heavy atom. The number of terminal acetylenes is 1. The molecule has 1 aliphatic rings. The molecule has 2 heterocycles. The summed E-state index contributed by atoms with van der Waals surface area (Å²) in [6.07, 6.45) is 7.24. The van der Waals surface area contributed by atoms with Gasteiger partial charge in [-0.3, -0.25) is 9.36 Å². The van der Waals surface area contributed by atoms with Crippen LogP contribution in [0.1, 0.15) is 33.3 Å². The minimum Gasteiger partial charge on any atom is -0.275 e. The van der Waals surface area contributed by atoms with Crippen LogP contribution >= 0.6 is 23.5 Å². The van der Waals surface area contributed by atoms with Crippen LogP contribution in [0, 0.1) is 12.3 Å². The van der Waals surface area contributed by atoms with Crippen LogP contribution < -0.4 is 0 Å². The molecule has 1 aromatic heterocycles. The van der Waals surface area contributed by atoms with Crippen molar-refractivity contribution < 1.29 is 4.79 Å². The van der Waals surface area contributed by atoms with Gasteiger partial charge in [0.1, 0.15) is 0 Å². The van der Waals surface area contributed by atoms with E-state index in [1.165, 1.54) is 10.5 Å². The maximum atomic E-state index is 13.7. The fourth-order valence-corrected chi connectivity index (χ4v) is 6.95. The highest BCUT2D eigenvalue weighted by atomic mass is 32.2. The van der Waals surface area contributed by atoms with Crippen molar-refractivity contribution in [3.63, 3.8) is 0 Å². The van der Waals surface area contributed by atoms with Gasteiger partial charge in [-0.05, 0) is 36.4 Å². The van der Waals surface area contributed by atoms with Crippen molar-refractivity contribution in [3.8, 4) is 23.6 Å². The molecule has 4 aromatic rings. The number of para-hydroxylation sites is 1. The van der Waals surface area contributed by atoms with Gasteiger partial charge >= 0.3 is 0 Å². The monoisotopic (exact) mass is 439 g/mol. The number of rotatable bonds is 5. The van der Waals surface area contributed by atoms with Gasteiger partial charge in [-0.1, -0.05) is 54.6 Å². The normalized spacial score (nSPS) is 14.6. The molecule has 0 amide bonds. The molecule has 2 nitrogen and oxygen atoms in total. The van der Waals surface area contributed by atoms with E-state index in [0.29, 0.717) is 5.56 Å². The van der Waals surface area contributed by atoms with E-state index in [1.54, 1.807) is 0 Å². The second kappa shape index (κ2) is 8.70. The Labute approximate surface area is 191 Å². The first-order valence-corrected chi connectivity index (χ1v) is 12.3. The summed E-state index contributed by atoms with van der Waals surface area (Å²) >= 11 is 3.80. The summed E-state index contributed by atoms with van der Waals surface area (Å²) in [7, 11) is 0. The molecule has 0 aliphatic carbocycles. The molecule has 152 valence electrons. The number of nitrogens with zero attached hydrogens (tertiary/aromatic N) is 1. The Bertz CT molecular complexity index is 1300. The summed E-state index contributed by atoms with van der Waals surface area (Å²) in [6.45, 7) is 0. The molecule has 0 N–H and O–H groups in total. The highest BCUT2D eigenvalue weighted by molar-refractivity contribution is 8.16. The largest absolute Gasteiger partial charge is 0.275 e. The maximum Gasteiger partial charge on any atom is 0.262 e. The highest BCUT2D eigenvalue weighted by Gasteiger charge is 2.33. The summed E-state index contributed by atoms with van der Waals surface area (Å²) in [5.41, 5.74) is 5.06. The average molecular weight is 440 g/mol. The summed E-state index contributed by atoms with van der Waals surface area (Å²) < 4.78 is 2.14. The molecule has 0 radical (unpaired) electrons. The third-order valence-corrected chi connectivity index (χ3v) is 8.30.